The highest BCUT2D eigenvalue weighted by Gasteiger charge is 2.25. The number of para-hydroxylation sites is 2. The number of aromatic amines is 1. The molecule has 2 aromatic heterocycles. The zero-order valence-electron chi connectivity index (χ0n) is 13.2. The van der Waals surface area contributed by atoms with E-state index in [1.165, 1.54) is 0 Å². The lowest BCUT2D eigenvalue weighted by Gasteiger charge is -2.32. The lowest BCUT2D eigenvalue weighted by atomic mass is 9.97. The quantitative estimate of drug-likeness (QED) is 0.760. The van der Waals surface area contributed by atoms with E-state index < -0.39 is 0 Å². The first-order chi connectivity index (χ1) is 11.2. The summed E-state index contributed by atoms with van der Waals surface area (Å²) in [5, 5.41) is 0. The molecule has 0 aliphatic carbocycles. The number of nitrogens with one attached hydrogen (secondary N) is 1. The van der Waals surface area contributed by atoms with Crippen LogP contribution in [-0.4, -0.2) is 33.0 Å². The normalized spacial score (nSPS) is 18.5. The molecule has 3 heterocycles. The summed E-state index contributed by atoms with van der Waals surface area (Å²) in [5.41, 5.74) is 8.82. The molecule has 1 aliphatic rings. The first-order valence-corrected chi connectivity index (χ1v) is 8.00. The van der Waals surface area contributed by atoms with Gasteiger partial charge in [-0.25, -0.2) is 9.97 Å². The molecule has 0 saturated carbocycles. The zero-order valence-corrected chi connectivity index (χ0v) is 13.2. The van der Waals surface area contributed by atoms with Crippen molar-refractivity contribution >= 4 is 22.8 Å². The third kappa shape index (κ3) is 2.72. The number of anilines is 2. The molecule has 118 valence electrons. The molecule has 0 bridgehead atoms. The Morgan fingerprint density at radius 2 is 2.09 bits per heavy atom. The lowest BCUT2D eigenvalue weighted by Crippen LogP contribution is -2.35. The SMILES string of the molecule is Cc1cc(N2CCCC(c3nc4ccccc4[nH]3)C2)nc(N)n1. The average Bonchev–Trinajstić information content (AvgIpc) is 2.98. The third-order valence-corrected chi connectivity index (χ3v) is 4.40. The summed E-state index contributed by atoms with van der Waals surface area (Å²) in [4.78, 5) is 19.1. The number of hydrogen-bond acceptors (Lipinski definition) is 5. The predicted molar refractivity (Wildman–Crippen MR) is 91.5 cm³/mol. The van der Waals surface area contributed by atoms with Crippen molar-refractivity contribution in [2.45, 2.75) is 25.7 Å². The van der Waals surface area contributed by atoms with Crippen LogP contribution in [0.4, 0.5) is 11.8 Å². The molecule has 6 heteroatoms. The molecule has 4 rings (SSSR count). The number of aromatic nitrogens is 4. The van der Waals surface area contributed by atoms with Crippen molar-refractivity contribution in [2.75, 3.05) is 23.7 Å². The van der Waals surface area contributed by atoms with Crippen LogP contribution in [0.5, 0.6) is 0 Å². The first-order valence-electron chi connectivity index (χ1n) is 8.00. The molecule has 1 fully saturated rings. The van der Waals surface area contributed by atoms with Gasteiger partial charge < -0.3 is 15.6 Å². The van der Waals surface area contributed by atoms with Gasteiger partial charge in [0.25, 0.3) is 0 Å². The fraction of sp³-hybridized carbons (Fsp3) is 0.353. The van der Waals surface area contributed by atoms with Crippen LogP contribution < -0.4 is 10.6 Å². The van der Waals surface area contributed by atoms with Crippen molar-refractivity contribution in [1.82, 2.24) is 19.9 Å². The second-order valence-corrected chi connectivity index (χ2v) is 6.15. The fourth-order valence-corrected chi connectivity index (χ4v) is 3.31. The zero-order chi connectivity index (χ0) is 15.8. The van der Waals surface area contributed by atoms with E-state index in [4.69, 9.17) is 10.7 Å². The molecule has 1 aliphatic heterocycles. The minimum Gasteiger partial charge on any atom is -0.368 e. The van der Waals surface area contributed by atoms with Gasteiger partial charge in [0.2, 0.25) is 5.95 Å². The molecule has 1 aromatic carbocycles. The third-order valence-electron chi connectivity index (χ3n) is 4.40. The van der Waals surface area contributed by atoms with Crippen LogP contribution in [0.3, 0.4) is 0 Å². The number of nitrogens with zero attached hydrogens (tertiary/aromatic N) is 4. The smallest absolute Gasteiger partial charge is 0.222 e. The van der Waals surface area contributed by atoms with E-state index in [1.807, 2.05) is 31.2 Å². The van der Waals surface area contributed by atoms with Crippen LogP contribution >= 0.6 is 0 Å². The maximum Gasteiger partial charge on any atom is 0.222 e. The Kier molecular flexibility index (Phi) is 3.37. The molecule has 1 unspecified atom stereocenters. The predicted octanol–water partition coefficient (Wildman–Crippen LogP) is 2.63. The number of nitrogens with two attached hydrogens (primary N) is 1. The van der Waals surface area contributed by atoms with Crippen molar-refractivity contribution in [1.29, 1.82) is 0 Å². The van der Waals surface area contributed by atoms with Gasteiger partial charge in [-0.05, 0) is 31.9 Å². The van der Waals surface area contributed by atoms with Crippen molar-refractivity contribution < 1.29 is 0 Å². The van der Waals surface area contributed by atoms with Gasteiger partial charge in [-0.3, -0.25) is 0 Å². The van der Waals surface area contributed by atoms with Crippen LogP contribution in [-0.2, 0) is 0 Å². The molecule has 0 amide bonds. The van der Waals surface area contributed by atoms with Crippen molar-refractivity contribution in [3.8, 4) is 0 Å². The standard InChI is InChI=1S/C17H20N6/c1-11-9-15(22-17(18)19-11)23-8-4-5-12(10-23)16-20-13-6-2-3-7-14(13)21-16/h2-3,6-7,9,12H,4-5,8,10H2,1H3,(H,20,21)(H2,18,19,22). The van der Waals surface area contributed by atoms with E-state index in [1.54, 1.807) is 0 Å². The number of piperidine rings is 1. The number of hydrogen-bond donors (Lipinski definition) is 2. The molecule has 1 saturated heterocycles. The number of benzene rings is 1. The number of rotatable bonds is 2. The summed E-state index contributed by atoms with van der Waals surface area (Å²) in [6.45, 7) is 3.84. The number of aryl methyl sites for hydroxylation is 1. The van der Waals surface area contributed by atoms with E-state index >= 15 is 0 Å². The summed E-state index contributed by atoms with van der Waals surface area (Å²) in [6, 6.07) is 10.2. The Morgan fingerprint density at radius 1 is 1.22 bits per heavy atom. The number of H-pyrrole nitrogens is 1. The topological polar surface area (TPSA) is 83.7 Å². The van der Waals surface area contributed by atoms with E-state index in [0.717, 1.165) is 54.3 Å². The molecular formula is C17H20N6. The number of imidazole rings is 1. The summed E-state index contributed by atoms with van der Waals surface area (Å²) in [5.74, 6) is 2.70. The summed E-state index contributed by atoms with van der Waals surface area (Å²) in [7, 11) is 0. The van der Waals surface area contributed by atoms with Gasteiger partial charge in [-0.1, -0.05) is 12.1 Å². The van der Waals surface area contributed by atoms with E-state index in [9.17, 15) is 0 Å². The van der Waals surface area contributed by atoms with Crippen molar-refractivity contribution in [2.24, 2.45) is 0 Å². The van der Waals surface area contributed by atoms with Crippen molar-refractivity contribution in [3.05, 3.63) is 41.9 Å². The van der Waals surface area contributed by atoms with Crippen LogP contribution in [0.1, 0.15) is 30.3 Å². The summed E-state index contributed by atoms with van der Waals surface area (Å²) >= 11 is 0. The monoisotopic (exact) mass is 308 g/mol. The van der Waals surface area contributed by atoms with Crippen LogP contribution in [0.15, 0.2) is 30.3 Å². The Bertz CT molecular complexity index is 787. The van der Waals surface area contributed by atoms with E-state index in [0.29, 0.717) is 11.9 Å². The number of fused-ring (bicyclic) bond motifs is 1. The second kappa shape index (κ2) is 5.53. The highest BCUT2D eigenvalue weighted by Crippen LogP contribution is 2.29. The van der Waals surface area contributed by atoms with Gasteiger partial charge in [-0.15, -0.1) is 0 Å². The van der Waals surface area contributed by atoms with Gasteiger partial charge >= 0.3 is 0 Å². The highest BCUT2D eigenvalue weighted by molar-refractivity contribution is 5.74. The first kappa shape index (κ1) is 14.0. The summed E-state index contributed by atoms with van der Waals surface area (Å²) in [6.07, 6.45) is 2.25. The Hall–Kier alpha value is -2.63. The molecule has 3 N–H and O–H groups in total. The maximum absolute atomic E-state index is 5.80. The van der Waals surface area contributed by atoms with Gasteiger partial charge in [0.1, 0.15) is 11.6 Å². The van der Waals surface area contributed by atoms with Crippen LogP contribution in [0.25, 0.3) is 11.0 Å². The molecule has 1 atom stereocenters. The number of nitrogen functional groups attached to an aromatic ring is 1. The van der Waals surface area contributed by atoms with E-state index in [2.05, 4.69) is 25.9 Å². The van der Waals surface area contributed by atoms with Crippen molar-refractivity contribution in [3.63, 3.8) is 0 Å². The lowest BCUT2D eigenvalue weighted by molar-refractivity contribution is 0.492. The minimum absolute atomic E-state index is 0.339. The molecular weight excluding hydrogens is 288 g/mol. The van der Waals surface area contributed by atoms with Crippen LogP contribution in [0.2, 0.25) is 0 Å². The largest absolute Gasteiger partial charge is 0.368 e. The fourth-order valence-electron chi connectivity index (χ4n) is 3.31. The van der Waals surface area contributed by atoms with Gasteiger partial charge in [0, 0.05) is 30.8 Å². The van der Waals surface area contributed by atoms with Gasteiger partial charge in [0.05, 0.1) is 11.0 Å². The Balaban J connectivity index is 1.61. The molecule has 0 spiro atoms. The molecule has 3 aromatic rings. The molecule has 6 nitrogen and oxygen atoms in total. The van der Waals surface area contributed by atoms with E-state index in [-0.39, 0.29) is 0 Å². The second-order valence-electron chi connectivity index (χ2n) is 6.15. The molecule has 23 heavy (non-hydrogen) atoms. The van der Waals surface area contributed by atoms with Gasteiger partial charge in [0.15, 0.2) is 0 Å². The average molecular weight is 308 g/mol. The molecule has 0 radical (unpaired) electrons. The maximum atomic E-state index is 5.80. The Labute approximate surface area is 134 Å². The van der Waals surface area contributed by atoms with Crippen LogP contribution in [0, 0.1) is 6.92 Å². The summed E-state index contributed by atoms with van der Waals surface area (Å²) < 4.78 is 0. The minimum atomic E-state index is 0.339. The van der Waals surface area contributed by atoms with Gasteiger partial charge in [-0.2, -0.15) is 4.98 Å². The highest BCUT2D eigenvalue weighted by atomic mass is 15.2. The Morgan fingerprint density at radius 3 is 2.91 bits per heavy atom.